The standard InChI is InChI=1S/C18H28N4O.HI/c1-3-19-18(20-12-15-10-11-15)21-13-17(23)22(4-2)14-16-8-6-5-7-9-16;/h5-9,15H,3-4,10-14H2,1-2H3,(H2,19,20,21);1H. The number of benzene rings is 1. The third kappa shape index (κ3) is 7.51. The van der Waals surface area contributed by atoms with E-state index in [4.69, 9.17) is 0 Å². The van der Waals surface area contributed by atoms with E-state index in [0.717, 1.165) is 30.5 Å². The molecule has 0 unspecified atom stereocenters. The summed E-state index contributed by atoms with van der Waals surface area (Å²) in [6, 6.07) is 10.1. The van der Waals surface area contributed by atoms with Gasteiger partial charge in [0, 0.05) is 26.2 Å². The minimum absolute atomic E-state index is 0. The van der Waals surface area contributed by atoms with E-state index in [2.05, 4.69) is 15.6 Å². The lowest BCUT2D eigenvalue weighted by molar-refractivity contribution is -0.130. The molecule has 1 aliphatic rings. The van der Waals surface area contributed by atoms with Crippen LogP contribution < -0.4 is 10.6 Å². The number of hydrogen-bond donors (Lipinski definition) is 2. The quantitative estimate of drug-likeness (QED) is 0.368. The molecule has 2 N–H and O–H groups in total. The maximum absolute atomic E-state index is 12.4. The van der Waals surface area contributed by atoms with Gasteiger partial charge in [-0.2, -0.15) is 0 Å². The summed E-state index contributed by atoms with van der Waals surface area (Å²) in [6.07, 6.45) is 2.60. The summed E-state index contributed by atoms with van der Waals surface area (Å²) in [5.41, 5.74) is 1.14. The summed E-state index contributed by atoms with van der Waals surface area (Å²) in [5, 5.41) is 6.51. The Balaban J connectivity index is 0.00000288. The first-order chi connectivity index (χ1) is 11.2. The molecule has 2 rings (SSSR count). The topological polar surface area (TPSA) is 56.7 Å². The van der Waals surface area contributed by atoms with Crippen LogP contribution >= 0.6 is 24.0 Å². The van der Waals surface area contributed by atoms with Gasteiger partial charge < -0.3 is 15.5 Å². The summed E-state index contributed by atoms with van der Waals surface area (Å²) in [5.74, 6) is 1.57. The van der Waals surface area contributed by atoms with E-state index in [1.54, 1.807) is 0 Å². The smallest absolute Gasteiger partial charge is 0.244 e. The highest BCUT2D eigenvalue weighted by molar-refractivity contribution is 14.0. The summed E-state index contributed by atoms with van der Waals surface area (Å²) in [7, 11) is 0. The number of carbonyl (C=O) groups excluding carboxylic acids is 1. The fourth-order valence-corrected chi connectivity index (χ4v) is 2.33. The van der Waals surface area contributed by atoms with Crippen LogP contribution in [0.25, 0.3) is 0 Å². The summed E-state index contributed by atoms with van der Waals surface area (Å²) < 4.78 is 0. The van der Waals surface area contributed by atoms with Crippen molar-refractivity contribution >= 4 is 35.8 Å². The molecule has 0 aliphatic heterocycles. The monoisotopic (exact) mass is 444 g/mol. The molecule has 1 saturated carbocycles. The molecule has 6 heteroatoms. The molecule has 1 aliphatic carbocycles. The Labute approximate surface area is 162 Å². The van der Waals surface area contributed by atoms with Crippen LogP contribution in [0.4, 0.5) is 0 Å². The van der Waals surface area contributed by atoms with E-state index < -0.39 is 0 Å². The fourth-order valence-electron chi connectivity index (χ4n) is 2.33. The number of likely N-dealkylation sites (N-methyl/N-ethyl adjacent to an activating group) is 1. The van der Waals surface area contributed by atoms with Gasteiger partial charge in [-0.15, -0.1) is 24.0 Å². The van der Waals surface area contributed by atoms with Crippen LogP contribution in [0.1, 0.15) is 32.3 Å². The van der Waals surface area contributed by atoms with E-state index in [1.807, 2.05) is 49.1 Å². The Bertz CT molecular complexity index is 517. The molecule has 0 radical (unpaired) electrons. The second-order valence-electron chi connectivity index (χ2n) is 5.91. The van der Waals surface area contributed by atoms with Gasteiger partial charge in [-0.3, -0.25) is 4.79 Å². The molecular formula is C18H29IN4O. The molecule has 1 amide bonds. The summed E-state index contributed by atoms with van der Waals surface area (Å²) in [6.45, 7) is 7.28. The minimum Gasteiger partial charge on any atom is -0.357 e. The van der Waals surface area contributed by atoms with Crippen molar-refractivity contribution in [3.05, 3.63) is 35.9 Å². The van der Waals surface area contributed by atoms with E-state index in [9.17, 15) is 4.79 Å². The van der Waals surface area contributed by atoms with Crippen molar-refractivity contribution in [2.24, 2.45) is 10.9 Å². The van der Waals surface area contributed by atoms with Gasteiger partial charge in [-0.1, -0.05) is 30.3 Å². The highest BCUT2D eigenvalue weighted by Gasteiger charge is 2.21. The predicted octanol–water partition coefficient (Wildman–Crippen LogP) is 2.62. The Hall–Kier alpha value is -1.31. The van der Waals surface area contributed by atoms with Gasteiger partial charge in [0.1, 0.15) is 6.54 Å². The largest absolute Gasteiger partial charge is 0.357 e. The van der Waals surface area contributed by atoms with Crippen LogP contribution in [0.2, 0.25) is 0 Å². The first-order valence-corrected chi connectivity index (χ1v) is 8.56. The summed E-state index contributed by atoms with van der Waals surface area (Å²) >= 11 is 0. The molecule has 24 heavy (non-hydrogen) atoms. The molecule has 5 nitrogen and oxygen atoms in total. The van der Waals surface area contributed by atoms with Crippen molar-refractivity contribution in [1.82, 2.24) is 15.5 Å². The molecule has 0 spiro atoms. The number of aliphatic imine (C=N–C) groups is 1. The second kappa shape index (κ2) is 11.3. The highest BCUT2D eigenvalue weighted by atomic mass is 127. The number of nitrogens with zero attached hydrogens (tertiary/aromatic N) is 2. The zero-order valence-electron chi connectivity index (χ0n) is 14.6. The Kier molecular flexibility index (Phi) is 9.75. The second-order valence-corrected chi connectivity index (χ2v) is 5.91. The SMILES string of the molecule is CCNC(=NCC(=O)N(CC)Cc1ccccc1)NCC1CC1.I. The number of carbonyl (C=O) groups is 1. The molecule has 1 aromatic carbocycles. The zero-order chi connectivity index (χ0) is 16.5. The number of halogens is 1. The number of amides is 1. The van der Waals surface area contributed by atoms with Crippen LogP contribution in [0.15, 0.2) is 35.3 Å². The number of hydrogen-bond acceptors (Lipinski definition) is 2. The van der Waals surface area contributed by atoms with E-state index in [1.165, 1.54) is 12.8 Å². The predicted molar refractivity (Wildman–Crippen MR) is 110 cm³/mol. The Morgan fingerprint density at radius 3 is 2.50 bits per heavy atom. The maximum atomic E-state index is 12.4. The van der Waals surface area contributed by atoms with Crippen molar-refractivity contribution in [2.75, 3.05) is 26.2 Å². The lowest BCUT2D eigenvalue weighted by atomic mass is 10.2. The average Bonchev–Trinajstić information content (AvgIpc) is 3.40. The van der Waals surface area contributed by atoms with Crippen LogP contribution in [-0.4, -0.2) is 42.9 Å². The number of guanidine groups is 1. The van der Waals surface area contributed by atoms with Gasteiger partial charge in [0.05, 0.1) is 0 Å². The van der Waals surface area contributed by atoms with Crippen LogP contribution in [0.5, 0.6) is 0 Å². The van der Waals surface area contributed by atoms with Gasteiger partial charge in [-0.05, 0) is 38.2 Å². The highest BCUT2D eigenvalue weighted by Crippen LogP contribution is 2.27. The normalized spacial score (nSPS) is 13.8. The van der Waals surface area contributed by atoms with Gasteiger partial charge in [-0.25, -0.2) is 4.99 Å². The molecule has 0 aromatic heterocycles. The molecule has 1 fully saturated rings. The van der Waals surface area contributed by atoms with Crippen LogP contribution in [-0.2, 0) is 11.3 Å². The van der Waals surface area contributed by atoms with Gasteiger partial charge in [0.2, 0.25) is 5.91 Å². The molecule has 134 valence electrons. The van der Waals surface area contributed by atoms with Crippen LogP contribution in [0, 0.1) is 5.92 Å². The lowest BCUT2D eigenvalue weighted by Gasteiger charge is -2.20. The molecule has 0 atom stereocenters. The average molecular weight is 444 g/mol. The van der Waals surface area contributed by atoms with Crippen LogP contribution in [0.3, 0.4) is 0 Å². The van der Waals surface area contributed by atoms with Crippen molar-refractivity contribution in [3.63, 3.8) is 0 Å². The van der Waals surface area contributed by atoms with Crippen molar-refractivity contribution in [2.45, 2.75) is 33.2 Å². The first-order valence-electron chi connectivity index (χ1n) is 8.56. The molecular weight excluding hydrogens is 415 g/mol. The molecule has 0 bridgehead atoms. The third-order valence-corrected chi connectivity index (χ3v) is 3.92. The molecule has 1 aromatic rings. The third-order valence-electron chi connectivity index (χ3n) is 3.92. The van der Waals surface area contributed by atoms with E-state index in [-0.39, 0.29) is 36.4 Å². The van der Waals surface area contributed by atoms with E-state index >= 15 is 0 Å². The zero-order valence-corrected chi connectivity index (χ0v) is 17.0. The maximum Gasteiger partial charge on any atom is 0.244 e. The first kappa shape index (κ1) is 20.7. The number of nitrogens with one attached hydrogen (secondary N) is 2. The lowest BCUT2D eigenvalue weighted by Crippen LogP contribution is -2.40. The van der Waals surface area contributed by atoms with E-state index in [0.29, 0.717) is 13.1 Å². The summed E-state index contributed by atoms with van der Waals surface area (Å²) in [4.78, 5) is 18.7. The molecule has 0 saturated heterocycles. The minimum atomic E-state index is 0. The van der Waals surface area contributed by atoms with Gasteiger partial charge >= 0.3 is 0 Å². The number of rotatable bonds is 8. The van der Waals surface area contributed by atoms with Gasteiger partial charge in [0.15, 0.2) is 5.96 Å². The van der Waals surface area contributed by atoms with Gasteiger partial charge in [0.25, 0.3) is 0 Å². The fraction of sp³-hybridized carbons (Fsp3) is 0.556. The molecule has 0 heterocycles. The Morgan fingerprint density at radius 2 is 1.92 bits per heavy atom. The van der Waals surface area contributed by atoms with Crippen molar-refractivity contribution in [3.8, 4) is 0 Å². The Morgan fingerprint density at radius 1 is 1.21 bits per heavy atom. The van der Waals surface area contributed by atoms with Crippen molar-refractivity contribution < 1.29 is 4.79 Å². The van der Waals surface area contributed by atoms with Crippen molar-refractivity contribution in [1.29, 1.82) is 0 Å².